The summed E-state index contributed by atoms with van der Waals surface area (Å²) in [6, 6.07) is 7.71. The number of hydrogen-bond acceptors (Lipinski definition) is 4. The van der Waals surface area contributed by atoms with E-state index in [9.17, 15) is 9.18 Å². The summed E-state index contributed by atoms with van der Waals surface area (Å²) >= 11 is 0. The fourth-order valence-electron chi connectivity index (χ4n) is 4.58. The third-order valence-electron chi connectivity index (χ3n) is 5.98. The Kier molecular flexibility index (Phi) is 5.25. The molecule has 0 radical (unpaired) electrons. The van der Waals surface area contributed by atoms with E-state index in [-0.39, 0.29) is 11.4 Å². The Morgan fingerprint density at radius 1 is 1.15 bits per heavy atom. The van der Waals surface area contributed by atoms with E-state index in [0.29, 0.717) is 23.8 Å². The van der Waals surface area contributed by atoms with Crippen LogP contribution in [-0.2, 0) is 7.05 Å². The van der Waals surface area contributed by atoms with Crippen LogP contribution in [-0.4, -0.2) is 34.7 Å². The van der Waals surface area contributed by atoms with Gasteiger partial charge in [-0.2, -0.15) is 0 Å². The van der Waals surface area contributed by atoms with Crippen LogP contribution < -0.4 is 15.8 Å². The van der Waals surface area contributed by atoms with Gasteiger partial charge in [0.05, 0.1) is 0 Å². The third kappa shape index (κ3) is 3.90. The summed E-state index contributed by atoms with van der Waals surface area (Å²) in [5.74, 6) is 0.804. The molecule has 1 saturated heterocycles. The Labute approximate surface area is 159 Å². The molecule has 0 spiro atoms. The number of aromatic nitrogens is 2. The van der Waals surface area contributed by atoms with Crippen molar-refractivity contribution < 1.29 is 4.39 Å². The highest BCUT2D eigenvalue weighted by atomic mass is 19.1. The van der Waals surface area contributed by atoms with Crippen molar-refractivity contribution in [2.24, 2.45) is 7.05 Å². The van der Waals surface area contributed by atoms with E-state index in [2.05, 4.69) is 15.2 Å². The lowest BCUT2D eigenvalue weighted by molar-refractivity contribution is 0.357. The molecule has 2 aliphatic rings. The molecule has 1 N–H and O–H groups in total. The molecule has 3 atom stereocenters. The van der Waals surface area contributed by atoms with Gasteiger partial charge in [0, 0.05) is 44.6 Å². The Hall–Kier alpha value is -2.21. The van der Waals surface area contributed by atoms with Crippen LogP contribution in [0.2, 0.25) is 0 Å². The van der Waals surface area contributed by atoms with Crippen LogP contribution in [0.3, 0.4) is 0 Å². The number of anilines is 1. The highest BCUT2D eigenvalue weighted by molar-refractivity contribution is 5.36. The van der Waals surface area contributed by atoms with Crippen LogP contribution in [0.25, 0.3) is 0 Å². The maximum Gasteiger partial charge on any atom is 0.293 e. The Morgan fingerprint density at radius 3 is 2.78 bits per heavy atom. The van der Waals surface area contributed by atoms with Crippen molar-refractivity contribution in [3.05, 3.63) is 58.4 Å². The molecule has 2 fully saturated rings. The molecule has 1 aromatic heterocycles. The second-order valence-electron chi connectivity index (χ2n) is 7.81. The molecular weight excluding hydrogens is 343 g/mol. The molecule has 0 unspecified atom stereocenters. The van der Waals surface area contributed by atoms with Crippen LogP contribution in [0.5, 0.6) is 0 Å². The molecule has 2 aromatic rings. The molecule has 27 heavy (non-hydrogen) atoms. The van der Waals surface area contributed by atoms with Crippen molar-refractivity contribution in [2.75, 3.05) is 18.0 Å². The number of rotatable bonds is 4. The molecule has 1 aliphatic heterocycles. The van der Waals surface area contributed by atoms with Gasteiger partial charge in [-0.1, -0.05) is 18.6 Å². The van der Waals surface area contributed by atoms with Gasteiger partial charge in [0.25, 0.3) is 5.56 Å². The van der Waals surface area contributed by atoms with E-state index in [1.807, 2.05) is 12.1 Å². The van der Waals surface area contributed by atoms with Crippen molar-refractivity contribution in [3.8, 4) is 0 Å². The van der Waals surface area contributed by atoms with Crippen molar-refractivity contribution in [3.63, 3.8) is 0 Å². The first-order valence-corrected chi connectivity index (χ1v) is 9.90. The minimum Gasteiger partial charge on any atom is -0.350 e. The number of nitrogens with zero attached hydrogens (tertiary/aromatic N) is 3. The minimum absolute atomic E-state index is 0.0387. The molecule has 2 heterocycles. The first kappa shape index (κ1) is 18.2. The van der Waals surface area contributed by atoms with Gasteiger partial charge >= 0.3 is 0 Å². The molecule has 1 aromatic carbocycles. The summed E-state index contributed by atoms with van der Waals surface area (Å²) in [7, 11) is 1.76. The fourth-order valence-corrected chi connectivity index (χ4v) is 4.58. The van der Waals surface area contributed by atoms with Gasteiger partial charge in [-0.25, -0.2) is 9.37 Å². The summed E-state index contributed by atoms with van der Waals surface area (Å²) in [4.78, 5) is 18.8. The van der Waals surface area contributed by atoms with Gasteiger partial charge in [0.2, 0.25) is 0 Å². The lowest BCUT2D eigenvalue weighted by atomic mass is 9.92. The summed E-state index contributed by atoms with van der Waals surface area (Å²) in [6.45, 7) is 1.68. The molecule has 1 aliphatic carbocycles. The number of benzene rings is 1. The highest BCUT2D eigenvalue weighted by Crippen LogP contribution is 2.35. The zero-order chi connectivity index (χ0) is 18.8. The maximum absolute atomic E-state index is 13.3. The molecule has 6 heteroatoms. The van der Waals surface area contributed by atoms with Gasteiger partial charge in [0.1, 0.15) is 5.82 Å². The van der Waals surface area contributed by atoms with E-state index < -0.39 is 0 Å². The monoisotopic (exact) mass is 370 g/mol. The second-order valence-corrected chi connectivity index (χ2v) is 7.81. The van der Waals surface area contributed by atoms with Crippen LogP contribution >= 0.6 is 0 Å². The minimum atomic E-state index is -0.180. The Bertz CT molecular complexity index is 835. The number of piperidine rings is 1. The maximum atomic E-state index is 13.3. The van der Waals surface area contributed by atoms with Crippen LogP contribution in [0.1, 0.15) is 43.6 Å². The molecule has 0 bridgehead atoms. The van der Waals surface area contributed by atoms with E-state index in [1.54, 1.807) is 36.1 Å². The zero-order valence-electron chi connectivity index (χ0n) is 15.8. The lowest BCUT2D eigenvalue weighted by Gasteiger charge is -2.36. The summed E-state index contributed by atoms with van der Waals surface area (Å²) in [5.41, 5.74) is 1.18. The van der Waals surface area contributed by atoms with Crippen molar-refractivity contribution in [1.29, 1.82) is 0 Å². The average Bonchev–Trinajstić information content (AvgIpc) is 3.13. The normalized spacial score (nSPS) is 25.7. The zero-order valence-corrected chi connectivity index (χ0v) is 15.8. The standard InChI is InChI=1S/C21H27FN4O/c1-25-13-11-23-20(21(25)27)26-12-3-4-17(14-26)24-19-6-2-5-18(19)15-7-9-16(22)10-8-15/h7-11,13,17-19,24H,2-6,12,14H2,1H3/t17-,18-,19-/m0/s1. The number of hydrogen-bond donors (Lipinski definition) is 1. The lowest BCUT2D eigenvalue weighted by Crippen LogP contribution is -2.51. The summed E-state index contributed by atoms with van der Waals surface area (Å²) in [6.07, 6.45) is 9.01. The first-order chi connectivity index (χ1) is 13.1. The smallest absolute Gasteiger partial charge is 0.293 e. The fraction of sp³-hybridized carbons (Fsp3) is 0.524. The largest absolute Gasteiger partial charge is 0.350 e. The number of nitrogens with one attached hydrogen (secondary N) is 1. The third-order valence-corrected chi connectivity index (χ3v) is 5.98. The van der Waals surface area contributed by atoms with Crippen LogP contribution in [0.4, 0.5) is 10.2 Å². The van der Waals surface area contributed by atoms with Gasteiger partial charge in [-0.15, -0.1) is 0 Å². The molecule has 1 saturated carbocycles. The van der Waals surface area contributed by atoms with E-state index in [4.69, 9.17) is 0 Å². The molecule has 4 rings (SSSR count). The molecular formula is C21H27FN4O. The van der Waals surface area contributed by atoms with Crippen LogP contribution in [0, 0.1) is 5.82 Å². The number of halogens is 1. The molecule has 144 valence electrons. The van der Waals surface area contributed by atoms with Gasteiger partial charge in [-0.05, 0) is 49.3 Å². The number of aryl methyl sites for hydroxylation is 1. The average molecular weight is 370 g/mol. The van der Waals surface area contributed by atoms with E-state index >= 15 is 0 Å². The molecule has 0 amide bonds. The van der Waals surface area contributed by atoms with Crippen molar-refractivity contribution >= 4 is 5.82 Å². The van der Waals surface area contributed by atoms with Gasteiger partial charge in [-0.3, -0.25) is 4.79 Å². The predicted octanol–water partition coefficient (Wildman–Crippen LogP) is 2.81. The SMILES string of the molecule is Cn1ccnc(N2CCC[C@H](N[C@H]3CCC[C@H]3c3ccc(F)cc3)C2)c1=O. The van der Waals surface area contributed by atoms with E-state index in [0.717, 1.165) is 38.8 Å². The quantitative estimate of drug-likeness (QED) is 0.899. The summed E-state index contributed by atoms with van der Waals surface area (Å²) < 4.78 is 14.8. The highest BCUT2D eigenvalue weighted by Gasteiger charge is 2.32. The Balaban J connectivity index is 1.45. The van der Waals surface area contributed by atoms with Crippen molar-refractivity contribution in [1.82, 2.24) is 14.9 Å². The first-order valence-electron chi connectivity index (χ1n) is 9.90. The topological polar surface area (TPSA) is 50.2 Å². The second kappa shape index (κ2) is 7.80. The summed E-state index contributed by atoms with van der Waals surface area (Å²) in [5, 5.41) is 3.84. The van der Waals surface area contributed by atoms with Crippen molar-refractivity contribution in [2.45, 2.75) is 50.1 Å². The Morgan fingerprint density at radius 2 is 1.96 bits per heavy atom. The predicted molar refractivity (Wildman–Crippen MR) is 105 cm³/mol. The molecule has 5 nitrogen and oxygen atoms in total. The van der Waals surface area contributed by atoms with Gasteiger partial charge < -0.3 is 14.8 Å². The van der Waals surface area contributed by atoms with E-state index in [1.165, 1.54) is 12.0 Å². The van der Waals surface area contributed by atoms with Gasteiger partial charge in [0.15, 0.2) is 5.82 Å². The van der Waals surface area contributed by atoms with Crippen LogP contribution in [0.15, 0.2) is 41.5 Å².